The molecule has 2 nitrogen and oxygen atoms in total. The van der Waals surface area contributed by atoms with Crippen LogP contribution in [0, 0.1) is 24.5 Å². The smallest absolute Gasteiger partial charge is 0.130 e. The molecule has 0 saturated carbocycles. The molecule has 0 aliphatic carbocycles. The van der Waals surface area contributed by atoms with Crippen molar-refractivity contribution in [3.8, 4) is 0 Å². The molecule has 1 aromatic rings. The van der Waals surface area contributed by atoms with Crippen LogP contribution in [-0.2, 0) is 4.74 Å². The van der Waals surface area contributed by atoms with E-state index >= 15 is 0 Å². The molecule has 100 valence electrons. The lowest BCUT2D eigenvalue weighted by Crippen LogP contribution is -2.29. The highest BCUT2D eigenvalue weighted by molar-refractivity contribution is 5.29. The molecule has 0 bridgehead atoms. The third-order valence-corrected chi connectivity index (χ3v) is 3.47. The maximum Gasteiger partial charge on any atom is 0.130 e. The predicted octanol–water partition coefficient (Wildman–Crippen LogP) is 2.96. The van der Waals surface area contributed by atoms with Gasteiger partial charge in [0.25, 0.3) is 0 Å². The summed E-state index contributed by atoms with van der Waals surface area (Å²) in [6, 6.07) is 2.48. The molecule has 2 rings (SSSR count). The summed E-state index contributed by atoms with van der Waals surface area (Å²) >= 11 is 0. The van der Waals surface area contributed by atoms with Crippen molar-refractivity contribution in [1.82, 2.24) is 5.32 Å². The average Bonchev–Trinajstić information content (AvgIpc) is 2.85. The van der Waals surface area contributed by atoms with Gasteiger partial charge in [-0.05, 0) is 31.5 Å². The number of hydrogen-bond donors (Lipinski definition) is 1. The van der Waals surface area contributed by atoms with E-state index in [2.05, 4.69) is 5.32 Å². The Morgan fingerprint density at radius 1 is 1.39 bits per heavy atom. The summed E-state index contributed by atoms with van der Waals surface area (Å²) in [5.74, 6) is -0.713. The lowest BCUT2D eigenvalue weighted by Gasteiger charge is -2.24. The molecular formula is C14H19F2NO. The van der Waals surface area contributed by atoms with Crippen LogP contribution in [0.2, 0.25) is 0 Å². The van der Waals surface area contributed by atoms with E-state index in [1.807, 2.05) is 6.92 Å². The van der Waals surface area contributed by atoms with E-state index < -0.39 is 11.6 Å². The van der Waals surface area contributed by atoms with Crippen LogP contribution in [-0.4, -0.2) is 19.8 Å². The predicted molar refractivity (Wildman–Crippen MR) is 66.4 cm³/mol. The molecule has 0 radical (unpaired) electrons. The molecular weight excluding hydrogens is 236 g/mol. The minimum atomic E-state index is -0.492. The first-order valence-corrected chi connectivity index (χ1v) is 6.40. The summed E-state index contributed by atoms with van der Waals surface area (Å²) in [5.41, 5.74) is 1.03. The van der Waals surface area contributed by atoms with Crippen LogP contribution in [0.1, 0.15) is 30.5 Å². The zero-order valence-corrected chi connectivity index (χ0v) is 10.8. The van der Waals surface area contributed by atoms with Crippen molar-refractivity contribution in [3.63, 3.8) is 0 Å². The second-order valence-electron chi connectivity index (χ2n) is 4.78. The first-order valence-electron chi connectivity index (χ1n) is 6.40. The number of hydrogen-bond acceptors (Lipinski definition) is 2. The molecule has 0 amide bonds. The van der Waals surface area contributed by atoms with E-state index in [0.717, 1.165) is 19.0 Å². The fourth-order valence-electron chi connectivity index (χ4n) is 2.48. The molecule has 18 heavy (non-hydrogen) atoms. The molecule has 0 aromatic heterocycles. The number of benzene rings is 1. The highest BCUT2D eigenvalue weighted by Crippen LogP contribution is 2.31. The Kier molecular flexibility index (Phi) is 4.30. The number of ether oxygens (including phenoxy) is 1. The summed E-state index contributed by atoms with van der Waals surface area (Å²) in [4.78, 5) is 0. The first kappa shape index (κ1) is 13.4. The summed E-state index contributed by atoms with van der Waals surface area (Å²) < 4.78 is 32.6. The monoisotopic (exact) mass is 255 g/mol. The fourth-order valence-corrected chi connectivity index (χ4v) is 2.48. The molecule has 2 atom stereocenters. The van der Waals surface area contributed by atoms with Gasteiger partial charge in [0.15, 0.2) is 0 Å². The Morgan fingerprint density at radius 3 is 2.78 bits per heavy atom. The number of rotatable bonds is 4. The Hall–Kier alpha value is -1.00. The van der Waals surface area contributed by atoms with E-state index in [1.165, 1.54) is 0 Å². The van der Waals surface area contributed by atoms with Gasteiger partial charge in [-0.3, -0.25) is 0 Å². The quantitative estimate of drug-likeness (QED) is 0.893. The fraction of sp³-hybridized carbons (Fsp3) is 0.571. The third-order valence-electron chi connectivity index (χ3n) is 3.47. The second kappa shape index (κ2) is 5.76. The van der Waals surface area contributed by atoms with Crippen LogP contribution in [0.4, 0.5) is 8.78 Å². The zero-order chi connectivity index (χ0) is 13.1. The van der Waals surface area contributed by atoms with Crippen LogP contribution in [0.5, 0.6) is 0 Å². The van der Waals surface area contributed by atoms with Crippen LogP contribution >= 0.6 is 0 Å². The SMILES string of the molecule is CCNC(c1cc(C)c(F)cc1F)C1CCOC1. The molecule has 1 saturated heterocycles. The Bertz CT molecular complexity index is 417. The topological polar surface area (TPSA) is 21.3 Å². The van der Waals surface area contributed by atoms with Crippen molar-refractivity contribution >= 4 is 0 Å². The summed E-state index contributed by atoms with van der Waals surface area (Å²) in [5, 5.41) is 3.29. The van der Waals surface area contributed by atoms with Gasteiger partial charge < -0.3 is 10.1 Å². The van der Waals surface area contributed by atoms with Crippen LogP contribution < -0.4 is 5.32 Å². The van der Waals surface area contributed by atoms with Crippen molar-refractivity contribution in [1.29, 1.82) is 0 Å². The van der Waals surface area contributed by atoms with Gasteiger partial charge in [-0.25, -0.2) is 8.78 Å². The highest BCUT2D eigenvalue weighted by Gasteiger charge is 2.28. The largest absolute Gasteiger partial charge is 0.381 e. The van der Waals surface area contributed by atoms with Gasteiger partial charge in [0.1, 0.15) is 11.6 Å². The van der Waals surface area contributed by atoms with Crippen LogP contribution in [0.3, 0.4) is 0 Å². The summed E-state index contributed by atoms with van der Waals surface area (Å²) in [6.07, 6.45) is 0.910. The second-order valence-corrected chi connectivity index (χ2v) is 4.78. The molecule has 4 heteroatoms. The lowest BCUT2D eigenvalue weighted by molar-refractivity contribution is 0.176. The van der Waals surface area contributed by atoms with Gasteiger partial charge in [-0.2, -0.15) is 0 Å². The molecule has 1 fully saturated rings. The molecule has 1 aliphatic rings. The van der Waals surface area contributed by atoms with Gasteiger partial charge >= 0.3 is 0 Å². The van der Waals surface area contributed by atoms with E-state index in [0.29, 0.717) is 24.3 Å². The molecule has 1 aromatic carbocycles. The van der Waals surface area contributed by atoms with Gasteiger partial charge in [0, 0.05) is 30.2 Å². The van der Waals surface area contributed by atoms with E-state index in [4.69, 9.17) is 4.74 Å². The zero-order valence-electron chi connectivity index (χ0n) is 10.8. The van der Waals surface area contributed by atoms with Crippen molar-refractivity contribution in [2.45, 2.75) is 26.3 Å². The Balaban J connectivity index is 2.32. The van der Waals surface area contributed by atoms with Gasteiger partial charge in [0.2, 0.25) is 0 Å². The lowest BCUT2D eigenvalue weighted by atomic mass is 9.91. The van der Waals surface area contributed by atoms with Crippen molar-refractivity contribution in [2.24, 2.45) is 5.92 Å². The number of nitrogens with one attached hydrogen (secondary N) is 1. The van der Waals surface area contributed by atoms with Crippen molar-refractivity contribution in [2.75, 3.05) is 19.8 Å². The van der Waals surface area contributed by atoms with E-state index in [9.17, 15) is 8.78 Å². The number of aryl methyl sites for hydroxylation is 1. The minimum absolute atomic E-state index is 0.100. The maximum absolute atomic E-state index is 13.9. The molecule has 0 spiro atoms. The molecule has 1 aliphatic heterocycles. The van der Waals surface area contributed by atoms with Crippen LogP contribution in [0.15, 0.2) is 12.1 Å². The standard InChI is InChI=1S/C14H19F2NO/c1-3-17-14(10-4-5-18-8-10)11-6-9(2)12(15)7-13(11)16/h6-7,10,14,17H,3-5,8H2,1-2H3. The van der Waals surface area contributed by atoms with Crippen molar-refractivity contribution in [3.05, 3.63) is 34.9 Å². The van der Waals surface area contributed by atoms with Gasteiger partial charge in [0.05, 0.1) is 6.61 Å². The summed E-state index contributed by atoms with van der Waals surface area (Å²) in [6.45, 7) is 5.74. The number of halogens is 2. The Labute approximate surface area is 106 Å². The first-order chi connectivity index (χ1) is 8.63. The van der Waals surface area contributed by atoms with Crippen molar-refractivity contribution < 1.29 is 13.5 Å². The Morgan fingerprint density at radius 2 is 2.17 bits per heavy atom. The summed E-state index contributed by atoms with van der Waals surface area (Å²) in [7, 11) is 0. The maximum atomic E-state index is 13.9. The molecule has 2 unspecified atom stereocenters. The van der Waals surface area contributed by atoms with Gasteiger partial charge in [-0.1, -0.05) is 6.92 Å². The van der Waals surface area contributed by atoms with E-state index in [-0.39, 0.29) is 12.0 Å². The molecule has 1 N–H and O–H groups in total. The third kappa shape index (κ3) is 2.70. The molecule has 1 heterocycles. The highest BCUT2D eigenvalue weighted by atomic mass is 19.1. The average molecular weight is 255 g/mol. The van der Waals surface area contributed by atoms with E-state index in [1.54, 1.807) is 13.0 Å². The van der Waals surface area contributed by atoms with Crippen LogP contribution in [0.25, 0.3) is 0 Å². The normalized spacial score (nSPS) is 21.2. The minimum Gasteiger partial charge on any atom is -0.381 e. The van der Waals surface area contributed by atoms with Gasteiger partial charge in [-0.15, -0.1) is 0 Å².